The number of carbonyl (C=O) groups is 2. The molecule has 9 heteroatoms. The van der Waals surface area contributed by atoms with Crippen LogP contribution >= 0.6 is 11.6 Å². The van der Waals surface area contributed by atoms with Crippen LogP contribution in [-0.2, 0) is 14.8 Å². The highest BCUT2D eigenvalue weighted by molar-refractivity contribution is 7.92. The first-order valence-corrected chi connectivity index (χ1v) is 11.9. The molecule has 7 nitrogen and oxygen atoms in total. The molecular weight excluding hydrogens is 464 g/mol. The van der Waals surface area contributed by atoms with Crippen molar-refractivity contribution in [2.45, 2.75) is 18.7 Å². The SMILES string of the molecule is CCOC(=O)c1ccc(NC(=O)c2ccc(N(C)S(=O)(=O)c3ccc(Cl)cc3)cc2)c(C)c1. The van der Waals surface area contributed by atoms with Crippen LogP contribution in [0.3, 0.4) is 0 Å². The number of sulfonamides is 1. The standard InChI is InChI=1S/C24H23ClN2O5S/c1-4-32-24(29)18-7-14-22(16(2)15-18)26-23(28)17-5-10-20(11-6-17)27(3)33(30,31)21-12-8-19(25)9-13-21/h5-15H,4H2,1-3H3,(H,26,28). The van der Waals surface area contributed by atoms with Gasteiger partial charge in [0.1, 0.15) is 0 Å². The lowest BCUT2D eigenvalue weighted by Crippen LogP contribution is -2.26. The zero-order valence-electron chi connectivity index (χ0n) is 18.3. The fourth-order valence-electron chi connectivity index (χ4n) is 3.07. The van der Waals surface area contributed by atoms with Gasteiger partial charge in [0.05, 0.1) is 22.8 Å². The Morgan fingerprint density at radius 3 is 2.15 bits per heavy atom. The second-order valence-electron chi connectivity index (χ2n) is 7.18. The maximum atomic E-state index is 12.8. The molecule has 3 aromatic carbocycles. The zero-order valence-corrected chi connectivity index (χ0v) is 19.9. The molecule has 0 aliphatic heterocycles. The molecule has 3 rings (SSSR count). The first-order chi connectivity index (χ1) is 15.6. The Hall–Kier alpha value is -3.36. The molecule has 0 bridgehead atoms. The molecule has 0 aliphatic carbocycles. The van der Waals surface area contributed by atoms with Crippen LogP contribution in [0.25, 0.3) is 0 Å². The summed E-state index contributed by atoms with van der Waals surface area (Å²) in [6.07, 6.45) is 0. The molecule has 0 aliphatic rings. The number of amides is 1. The molecule has 0 heterocycles. The number of hydrogen-bond donors (Lipinski definition) is 1. The number of rotatable bonds is 7. The first kappa shape index (κ1) is 24.3. The Bertz CT molecular complexity index is 1270. The number of nitrogens with zero attached hydrogens (tertiary/aromatic N) is 1. The van der Waals surface area contributed by atoms with E-state index in [1.165, 1.54) is 31.3 Å². The van der Waals surface area contributed by atoms with E-state index in [0.717, 1.165) is 4.31 Å². The fourth-order valence-corrected chi connectivity index (χ4v) is 4.39. The summed E-state index contributed by atoms with van der Waals surface area (Å²) in [5, 5.41) is 3.24. The predicted octanol–water partition coefficient (Wildman–Crippen LogP) is 4.90. The number of hydrogen-bond acceptors (Lipinski definition) is 5. The van der Waals surface area contributed by atoms with Gasteiger partial charge in [0.2, 0.25) is 0 Å². The van der Waals surface area contributed by atoms with Crippen LogP contribution in [0.1, 0.15) is 33.2 Å². The highest BCUT2D eigenvalue weighted by atomic mass is 35.5. The largest absolute Gasteiger partial charge is 0.462 e. The minimum atomic E-state index is -3.78. The summed E-state index contributed by atoms with van der Waals surface area (Å²) >= 11 is 5.84. The molecule has 1 amide bonds. The van der Waals surface area contributed by atoms with Gasteiger partial charge in [0.15, 0.2) is 0 Å². The van der Waals surface area contributed by atoms with Crippen LogP contribution in [0.4, 0.5) is 11.4 Å². The lowest BCUT2D eigenvalue weighted by atomic mass is 10.1. The van der Waals surface area contributed by atoms with Crippen molar-refractivity contribution in [3.63, 3.8) is 0 Å². The molecule has 0 atom stereocenters. The van der Waals surface area contributed by atoms with Gasteiger partial charge in [-0.2, -0.15) is 0 Å². The van der Waals surface area contributed by atoms with Gasteiger partial charge in [-0.1, -0.05) is 11.6 Å². The number of nitrogens with one attached hydrogen (secondary N) is 1. The molecule has 0 aromatic heterocycles. The van der Waals surface area contributed by atoms with E-state index < -0.39 is 16.0 Å². The number of benzene rings is 3. The summed E-state index contributed by atoms with van der Waals surface area (Å²) in [5.74, 6) is -0.788. The molecule has 0 saturated carbocycles. The average molecular weight is 487 g/mol. The number of anilines is 2. The summed E-state index contributed by atoms with van der Waals surface area (Å²) in [6, 6.07) is 17.0. The Kier molecular flexibility index (Phi) is 7.40. The average Bonchev–Trinajstić information content (AvgIpc) is 2.80. The van der Waals surface area contributed by atoms with E-state index in [-0.39, 0.29) is 17.4 Å². The molecule has 3 aromatic rings. The van der Waals surface area contributed by atoms with Crippen LogP contribution in [0.15, 0.2) is 71.6 Å². The van der Waals surface area contributed by atoms with Gasteiger partial charge in [-0.25, -0.2) is 13.2 Å². The second kappa shape index (κ2) is 10.1. The van der Waals surface area contributed by atoms with Crippen molar-refractivity contribution in [3.8, 4) is 0 Å². The minimum Gasteiger partial charge on any atom is -0.462 e. The van der Waals surface area contributed by atoms with Gasteiger partial charge in [0, 0.05) is 23.3 Å². The summed E-state index contributed by atoms with van der Waals surface area (Å²) < 4.78 is 31.8. The topological polar surface area (TPSA) is 92.8 Å². The normalized spacial score (nSPS) is 11.0. The van der Waals surface area contributed by atoms with E-state index in [1.54, 1.807) is 56.3 Å². The van der Waals surface area contributed by atoms with Gasteiger partial charge >= 0.3 is 5.97 Å². The van der Waals surface area contributed by atoms with E-state index in [2.05, 4.69) is 5.32 Å². The number of ether oxygens (including phenoxy) is 1. The maximum Gasteiger partial charge on any atom is 0.338 e. The van der Waals surface area contributed by atoms with Crippen molar-refractivity contribution in [2.75, 3.05) is 23.3 Å². The second-order valence-corrected chi connectivity index (χ2v) is 9.58. The maximum absolute atomic E-state index is 12.8. The number of halogens is 1. The van der Waals surface area contributed by atoms with Gasteiger partial charge in [0.25, 0.3) is 15.9 Å². The van der Waals surface area contributed by atoms with Gasteiger partial charge in [-0.3, -0.25) is 9.10 Å². The van der Waals surface area contributed by atoms with E-state index in [4.69, 9.17) is 16.3 Å². The third-order valence-corrected chi connectivity index (χ3v) is 7.00. The number of carbonyl (C=O) groups excluding carboxylic acids is 2. The van der Waals surface area contributed by atoms with Crippen LogP contribution in [-0.4, -0.2) is 33.9 Å². The van der Waals surface area contributed by atoms with Crippen LogP contribution < -0.4 is 9.62 Å². The zero-order chi connectivity index (χ0) is 24.2. The molecule has 1 N–H and O–H groups in total. The molecule has 0 fully saturated rings. The Morgan fingerprint density at radius 2 is 1.58 bits per heavy atom. The summed E-state index contributed by atoms with van der Waals surface area (Å²) in [6.45, 7) is 3.79. The van der Waals surface area contributed by atoms with E-state index in [1.807, 2.05) is 0 Å². The molecule has 0 radical (unpaired) electrons. The van der Waals surface area contributed by atoms with E-state index >= 15 is 0 Å². The lowest BCUT2D eigenvalue weighted by molar-refractivity contribution is 0.0526. The fraction of sp³-hybridized carbons (Fsp3) is 0.167. The van der Waals surface area contributed by atoms with Crippen molar-refractivity contribution in [3.05, 3.63) is 88.4 Å². The van der Waals surface area contributed by atoms with Gasteiger partial charge in [-0.05, 0) is 86.1 Å². The quantitative estimate of drug-likeness (QED) is 0.479. The number of esters is 1. The third kappa shape index (κ3) is 5.53. The van der Waals surface area contributed by atoms with Crippen molar-refractivity contribution < 1.29 is 22.7 Å². The van der Waals surface area contributed by atoms with Crippen molar-refractivity contribution in [2.24, 2.45) is 0 Å². The molecule has 0 unspecified atom stereocenters. The van der Waals surface area contributed by atoms with Crippen molar-refractivity contribution in [1.29, 1.82) is 0 Å². The van der Waals surface area contributed by atoms with E-state index in [0.29, 0.717) is 33.1 Å². The summed E-state index contributed by atoms with van der Waals surface area (Å²) in [5.41, 5.74) is 2.42. The lowest BCUT2D eigenvalue weighted by Gasteiger charge is -2.20. The van der Waals surface area contributed by atoms with Gasteiger partial charge in [-0.15, -0.1) is 0 Å². The summed E-state index contributed by atoms with van der Waals surface area (Å²) in [7, 11) is -2.34. The number of aryl methyl sites for hydroxylation is 1. The molecule has 0 saturated heterocycles. The highest BCUT2D eigenvalue weighted by Crippen LogP contribution is 2.24. The molecule has 0 spiro atoms. The monoisotopic (exact) mass is 486 g/mol. The molecule has 172 valence electrons. The van der Waals surface area contributed by atoms with Crippen LogP contribution in [0.5, 0.6) is 0 Å². The van der Waals surface area contributed by atoms with Crippen LogP contribution in [0.2, 0.25) is 5.02 Å². The predicted molar refractivity (Wildman–Crippen MR) is 129 cm³/mol. The smallest absolute Gasteiger partial charge is 0.338 e. The van der Waals surface area contributed by atoms with Gasteiger partial charge < -0.3 is 10.1 Å². The molecular formula is C24H23ClN2O5S. The Labute approximate surface area is 198 Å². The van der Waals surface area contributed by atoms with Crippen molar-refractivity contribution in [1.82, 2.24) is 0 Å². The van der Waals surface area contributed by atoms with Crippen molar-refractivity contribution >= 4 is 44.9 Å². The Balaban J connectivity index is 1.74. The Morgan fingerprint density at radius 1 is 0.970 bits per heavy atom. The third-order valence-electron chi connectivity index (χ3n) is 4.95. The minimum absolute atomic E-state index is 0.109. The van der Waals surface area contributed by atoms with E-state index in [9.17, 15) is 18.0 Å². The first-order valence-electron chi connectivity index (χ1n) is 10.1. The van der Waals surface area contributed by atoms with Crippen LogP contribution in [0, 0.1) is 6.92 Å². The molecule has 33 heavy (non-hydrogen) atoms. The highest BCUT2D eigenvalue weighted by Gasteiger charge is 2.21. The summed E-state index contributed by atoms with van der Waals surface area (Å²) in [4.78, 5) is 24.6.